The van der Waals surface area contributed by atoms with Gasteiger partial charge in [-0.05, 0) is 36.2 Å². The molecule has 0 aliphatic heterocycles. The third-order valence-electron chi connectivity index (χ3n) is 4.30. The Kier molecular flexibility index (Phi) is 4.57. The van der Waals surface area contributed by atoms with Crippen LogP contribution in [0.25, 0.3) is 22.6 Å². The van der Waals surface area contributed by atoms with Crippen molar-refractivity contribution in [3.63, 3.8) is 0 Å². The number of aromatic nitrogens is 4. The first kappa shape index (κ1) is 16.8. The lowest BCUT2D eigenvalue weighted by molar-refractivity contribution is 0.414. The smallest absolute Gasteiger partial charge is 0.183 e. The van der Waals surface area contributed by atoms with E-state index < -0.39 is 0 Å². The van der Waals surface area contributed by atoms with Crippen LogP contribution >= 0.6 is 0 Å². The van der Waals surface area contributed by atoms with Crippen LogP contribution in [0.4, 0.5) is 11.5 Å². The lowest BCUT2D eigenvalue weighted by atomic mass is 10.1. The molecule has 0 saturated carbocycles. The first-order valence-corrected chi connectivity index (χ1v) is 8.67. The predicted molar refractivity (Wildman–Crippen MR) is 107 cm³/mol. The highest BCUT2D eigenvalue weighted by atomic mass is 16.5. The molecule has 4 N–H and O–H groups in total. The second-order valence-corrected chi connectivity index (χ2v) is 6.15. The maximum atomic E-state index is 5.89. The lowest BCUT2D eigenvalue weighted by Crippen LogP contribution is -2.08. The van der Waals surface area contributed by atoms with E-state index in [0.717, 1.165) is 35.6 Å². The molecule has 136 valence electrons. The average molecular weight is 360 g/mol. The molecule has 0 spiro atoms. The molecular formula is C20H20N6O. The monoisotopic (exact) mass is 360 g/mol. The molecule has 0 saturated heterocycles. The largest absolute Gasteiger partial charge is 0.497 e. The molecular weight excluding hydrogens is 340 g/mol. The molecule has 7 heteroatoms. The molecule has 0 amide bonds. The zero-order chi connectivity index (χ0) is 18.6. The molecule has 2 heterocycles. The summed E-state index contributed by atoms with van der Waals surface area (Å²) in [6.07, 6.45) is 2.48. The van der Waals surface area contributed by atoms with Crippen LogP contribution in [0.1, 0.15) is 5.56 Å². The van der Waals surface area contributed by atoms with Gasteiger partial charge in [-0.25, -0.2) is 15.0 Å². The lowest BCUT2D eigenvalue weighted by Gasteiger charge is -2.09. The van der Waals surface area contributed by atoms with Gasteiger partial charge < -0.3 is 20.8 Å². The molecule has 0 aliphatic rings. The van der Waals surface area contributed by atoms with Crippen molar-refractivity contribution in [3.05, 3.63) is 60.4 Å². The summed E-state index contributed by atoms with van der Waals surface area (Å²) in [5.74, 6) is 2.17. The summed E-state index contributed by atoms with van der Waals surface area (Å²) in [4.78, 5) is 16.6. The molecule has 0 bridgehead atoms. The molecule has 4 rings (SSSR count). The Labute approximate surface area is 156 Å². The van der Waals surface area contributed by atoms with Gasteiger partial charge >= 0.3 is 0 Å². The summed E-state index contributed by atoms with van der Waals surface area (Å²) in [6, 6.07) is 15.6. The average Bonchev–Trinajstić information content (AvgIpc) is 3.17. The third kappa shape index (κ3) is 3.67. The number of H-pyrrole nitrogens is 1. The van der Waals surface area contributed by atoms with Gasteiger partial charge in [0, 0.05) is 17.8 Å². The SMILES string of the molecule is COc1ccc(CCNc2nc(-c3cccc(N)c3)nc3nc[nH]c23)cc1. The summed E-state index contributed by atoms with van der Waals surface area (Å²) in [5, 5.41) is 3.39. The van der Waals surface area contributed by atoms with E-state index >= 15 is 0 Å². The van der Waals surface area contributed by atoms with Gasteiger partial charge in [-0.15, -0.1) is 0 Å². The summed E-state index contributed by atoms with van der Waals surface area (Å²) < 4.78 is 5.19. The molecule has 4 aromatic rings. The van der Waals surface area contributed by atoms with Crippen molar-refractivity contribution >= 4 is 22.7 Å². The van der Waals surface area contributed by atoms with E-state index in [2.05, 4.69) is 37.4 Å². The minimum absolute atomic E-state index is 0.592. The van der Waals surface area contributed by atoms with E-state index in [9.17, 15) is 0 Å². The zero-order valence-electron chi connectivity index (χ0n) is 14.9. The van der Waals surface area contributed by atoms with Crippen LogP contribution in [-0.2, 0) is 6.42 Å². The molecule has 0 fully saturated rings. The van der Waals surface area contributed by atoms with Gasteiger partial charge in [0.1, 0.15) is 11.3 Å². The van der Waals surface area contributed by atoms with Gasteiger partial charge in [-0.1, -0.05) is 24.3 Å². The van der Waals surface area contributed by atoms with Crippen LogP contribution in [-0.4, -0.2) is 33.6 Å². The quantitative estimate of drug-likeness (QED) is 0.456. The first-order valence-electron chi connectivity index (χ1n) is 8.67. The van der Waals surface area contributed by atoms with Gasteiger partial charge in [0.05, 0.1) is 13.4 Å². The van der Waals surface area contributed by atoms with E-state index in [1.807, 2.05) is 36.4 Å². The van der Waals surface area contributed by atoms with Crippen molar-refractivity contribution in [2.75, 3.05) is 24.7 Å². The minimum Gasteiger partial charge on any atom is -0.497 e. The zero-order valence-corrected chi connectivity index (χ0v) is 14.9. The summed E-state index contributed by atoms with van der Waals surface area (Å²) >= 11 is 0. The molecule has 0 aliphatic carbocycles. The number of nitrogen functional groups attached to an aromatic ring is 1. The summed E-state index contributed by atoms with van der Waals surface area (Å²) in [5.41, 5.74) is 10.0. The molecule has 27 heavy (non-hydrogen) atoms. The van der Waals surface area contributed by atoms with Crippen LogP contribution in [0.15, 0.2) is 54.9 Å². The first-order chi connectivity index (χ1) is 13.2. The molecule has 0 unspecified atom stereocenters. The van der Waals surface area contributed by atoms with Crippen molar-refractivity contribution in [1.82, 2.24) is 19.9 Å². The molecule has 0 radical (unpaired) electrons. The Bertz CT molecular complexity index is 1060. The third-order valence-corrected chi connectivity index (χ3v) is 4.30. The van der Waals surface area contributed by atoms with Crippen LogP contribution in [0.2, 0.25) is 0 Å². The van der Waals surface area contributed by atoms with E-state index in [4.69, 9.17) is 10.5 Å². The van der Waals surface area contributed by atoms with Crippen LogP contribution in [0.5, 0.6) is 5.75 Å². The summed E-state index contributed by atoms with van der Waals surface area (Å²) in [7, 11) is 1.67. The van der Waals surface area contributed by atoms with Gasteiger partial charge in [0.25, 0.3) is 0 Å². The van der Waals surface area contributed by atoms with Crippen LogP contribution in [0.3, 0.4) is 0 Å². The molecule has 7 nitrogen and oxygen atoms in total. The Hall–Kier alpha value is -3.61. The molecule has 0 atom stereocenters. The number of anilines is 2. The van der Waals surface area contributed by atoms with Crippen LogP contribution < -0.4 is 15.8 Å². The standard InChI is InChI=1S/C20H20N6O/c1-27-16-7-5-13(6-8-16)9-10-22-19-17-20(24-12-23-17)26-18(25-19)14-3-2-4-15(21)11-14/h2-8,11-12H,9-10,21H2,1H3,(H2,22,23,24,25,26). The number of hydrogen-bond acceptors (Lipinski definition) is 6. The van der Waals surface area contributed by atoms with Crippen molar-refractivity contribution in [2.24, 2.45) is 0 Å². The Morgan fingerprint density at radius 2 is 1.96 bits per heavy atom. The number of rotatable bonds is 6. The number of nitrogens with one attached hydrogen (secondary N) is 2. The molecule has 2 aromatic carbocycles. The molecule has 2 aromatic heterocycles. The fraction of sp³-hybridized carbons (Fsp3) is 0.150. The van der Waals surface area contributed by atoms with E-state index in [0.29, 0.717) is 17.2 Å². The topological polar surface area (TPSA) is 102 Å². The number of nitrogens with two attached hydrogens (primary N) is 1. The fourth-order valence-corrected chi connectivity index (χ4v) is 2.89. The van der Waals surface area contributed by atoms with Gasteiger partial charge in [0.15, 0.2) is 17.3 Å². The maximum Gasteiger partial charge on any atom is 0.183 e. The number of imidazole rings is 1. The van der Waals surface area contributed by atoms with Gasteiger partial charge in [-0.3, -0.25) is 0 Å². The number of ether oxygens (including phenoxy) is 1. The number of fused-ring (bicyclic) bond motifs is 1. The van der Waals surface area contributed by atoms with E-state index in [-0.39, 0.29) is 0 Å². The van der Waals surface area contributed by atoms with Gasteiger partial charge in [0.2, 0.25) is 0 Å². The Morgan fingerprint density at radius 1 is 1.11 bits per heavy atom. The highest BCUT2D eigenvalue weighted by Crippen LogP contribution is 2.24. The predicted octanol–water partition coefficient (Wildman–Crippen LogP) is 3.27. The number of nitrogens with zero attached hydrogens (tertiary/aromatic N) is 3. The second-order valence-electron chi connectivity index (χ2n) is 6.15. The highest BCUT2D eigenvalue weighted by Gasteiger charge is 2.11. The van der Waals surface area contributed by atoms with Crippen LogP contribution in [0, 0.1) is 0 Å². The van der Waals surface area contributed by atoms with Crippen molar-refractivity contribution in [2.45, 2.75) is 6.42 Å². The number of hydrogen-bond donors (Lipinski definition) is 3. The second kappa shape index (κ2) is 7.33. The van der Waals surface area contributed by atoms with Crippen molar-refractivity contribution in [1.29, 1.82) is 0 Å². The van der Waals surface area contributed by atoms with E-state index in [1.54, 1.807) is 13.4 Å². The minimum atomic E-state index is 0.592. The summed E-state index contributed by atoms with van der Waals surface area (Å²) in [6.45, 7) is 0.730. The number of methoxy groups -OCH3 is 1. The van der Waals surface area contributed by atoms with Gasteiger partial charge in [-0.2, -0.15) is 0 Å². The van der Waals surface area contributed by atoms with Crippen molar-refractivity contribution < 1.29 is 4.74 Å². The Balaban J connectivity index is 1.56. The Morgan fingerprint density at radius 3 is 2.74 bits per heavy atom. The normalized spacial score (nSPS) is 10.9. The fourth-order valence-electron chi connectivity index (χ4n) is 2.89. The number of benzene rings is 2. The maximum absolute atomic E-state index is 5.89. The highest BCUT2D eigenvalue weighted by molar-refractivity contribution is 5.84. The number of aromatic amines is 1. The van der Waals surface area contributed by atoms with E-state index in [1.165, 1.54) is 5.56 Å². The van der Waals surface area contributed by atoms with Crippen molar-refractivity contribution in [3.8, 4) is 17.1 Å².